The zero-order valence-corrected chi connectivity index (χ0v) is 17.6. The topological polar surface area (TPSA) is 20.3 Å². The summed E-state index contributed by atoms with van der Waals surface area (Å²) in [6.07, 6.45) is 4.28. The van der Waals surface area contributed by atoms with Gasteiger partial charge in [0.2, 0.25) is 0 Å². The molecule has 1 aliphatic heterocycles. The molecule has 1 saturated heterocycles. The number of ketones is 1. The monoisotopic (exact) mass is 397 g/mol. The van der Waals surface area contributed by atoms with E-state index in [-0.39, 0.29) is 5.92 Å². The van der Waals surface area contributed by atoms with Crippen molar-refractivity contribution >= 4 is 5.78 Å². The molecule has 2 heteroatoms. The SMILES string of the molecule is O=C(c1ccccc1)C1CCN(CCCC(c2ccccc2)c2ccccc2)CC1. The van der Waals surface area contributed by atoms with Crippen LogP contribution in [0.5, 0.6) is 0 Å². The lowest BCUT2D eigenvalue weighted by atomic mass is 9.87. The van der Waals surface area contributed by atoms with Crippen LogP contribution in [0.15, 0.2) is 91.0 Å². The van der Waals surface area contributed by atoms with Crippen LogP contribution in [0.1, 0.15) is 53.1 Å². The lowest BCUT2D eigenvalue weighted by Gasteiger charge is -2.31. The summed E-state index contributed by atoms with van der Waals surface area (Å²) in [6, 6.07) is 31.5. The number of hydrogen-bond acceptors (Lipinski definition) is 2. The van der Waals surface area contributed by atoms with Crippen molar-refractivity contribution in [3.63, 3.8) is 0 Å². The van der Waals surface area contributed by atoms with E-state index in [1.165, 1.54) is 17.5 Å². The number of likely N-dealkylation sites (tertiary alicyclic amines) is 1. The van der Waals surface area contributed by atoms with Gasteiger partial charge >= 0.3 is 0 Å². The molecule has 3 aromatic rings. The Bertz CT molecular complexity index is 860. The van der Waals surface area contributed by atoms with Gasteiger partial charge < -0.3 is 4.90 Å². The number of piperidine rings is 1. The maximum atomic E-state index is 12.7. The van der Waals surface area contributed by atoms with Crippen molar-refractivity contribution < 1.29 is 4.79 Å². The average Bonchev–Trinajstić information content (AvgIpc) is 2.83. The standard InChI is InChI=1S/C28H31NO/c30-28(25-15-8-3-9-16-25)26-18-21-29(22-19-26)20-10-17-27(23-11-4-1-5-12-23)24-13-6-2-7-14-24/h1-9,11-16,26-27H,10,17-22H2. The predicted octanol–water partition coefficient (Wildman–Crippen LogP) is 6.19. The third-order valence-corrected chi connectivity index (χ3v) is 6.39. The van der Waals surface area contributed by atoms with Crippen molar-refractivity contribution in [1.82, 2.24) is 4.90 Å². The number of hydrogen-bond donors (Lipinski definition) is 0. The highest BCUT2D eigenvalue weighted by Crippen LogP contribution is 2.29. The zero-order chi connectivity index (χ0) is 20.6. The van der Waals surface area contributed by atoms with Crippen molar-refractivity contribution in [2.24, 2.45) is 5.92 Å². The highest BCUT2D eigenvalue weighted by Gasteiger charge is 2.25. The van der Waals surface area contributed by atoms with Gasteiger partial charge in [-0.15, -0.1) is 0 Å². The molecule has 0 atom stereocenters. The minimum atomic E-state index is 0.185. The molecule has 30 heavy (non-hydrogen) atoms. The Balaban J connectivity index is 1.29. The van der Waals surface area contributed by atoms with Crippen molar-refractivity contribution in [2.75, 3.05) is 19.6 Å². The second-order valence-corrected chi connectivity index (χ2v) is 8.36. The van der Waals surface area contributed by atoms with Crippen LogP contribution in [0.3, 0.4) is 0 Å². The van der Waals surface area contributed by atoms with Gasteiger partial charge in [-0.2, -0.15) is 0 Å². The van der Waals surface area contributed by atoms with E-state index in [2.05, 4.69) is 65.6 Å². The highest BCUT2D eigenvalue weighted by atomic mass is 16.1. The lowest BCUT2D eigenvalue weighted by Crippen LogP contribution is -2.37. The summed E-state index contributed by atoms with van der Waals surface area (Å²) in [5.74, 6) is 0.957. The van der Waals surface area contributed by atoms with Gasteiger partial charge in [-0.3, -0.25) is 4.79 Å². The molecule has 0 saturated carbocycles. The van der Waals surface area contributed by atoms with Gasteiger partial charge in [0.25, 0.3) is 0 Å². The minimum Gasteiger partial charge on any atom is -0.303 e. The second-order valence-electron chi connectivity index (χ2n) is 8.36. The summed E-state index contributed by atoms with van der Waals surface area (Å²) in [4.78, 5) is 15.2. The van der Waals surface area contributed by atoms with Crippen LogP contribution >= 0.6 is 0 Å². The minimum absolute atomic E-state index is 0.185. The summed E-state index contributed by atoms with van der Waals surface area (Å²) in [5.41, 5.74) is 3.66. The summed E-state index contributed by atoms with van der Waals surface area (Å²) in [6.45, 7) is 3.18. The number of carbonyl (C=O) groups excluding carboxylic acids is 1. The van der Waals surface area contributed by atoms with Crippen LogP contribution < -0.4 is 0 Å². The normalized spacial score (nSPS) is 15.4. The lowest BCUT2D eigenvalue weighted by molar-refractivity contribution is 0.0839. The van der Waals surface area contributed by atoms with Crippen molar-refractivity contribution in [2.45, 2.75) is 31.6 Å². The molecule has 1 aliphatic rings. The highest BCUT2D eigenvalue weighted by molar-refractivity contribution is 5.97. The fraction of sp³-hybridized carbons (Fsp3) is 0.321. The largest absolute Gasteiger partial charge is 0.303 e. The quantitative estimate of drug-likeness (QED) is 0.422. The van der Waals surface area contributed by atoms with Crippen LogP contribution in [0, 0.1) is 5.92 Å². The molecular formula is C28H31NO. The van der Waals surface area contributed by atoms with Crippen molar-refractivity contribution in [1.29, 1.82) is 0 Å². The third-order valence-electron chi connectivity index (χ3n) is 6.39. The molecule has 0 spiro atoms. The number of benzene rings is 3. The molecule has 2 nitrogen and oxygen atoms in total. The first-order chi connectivity index (χ1) is 14.8. The van der Waals surface area contributed by atoms with Crippen molar-refractivity contribution in [3.8, 4) is 0 Å². The first kappa shape index (κ1) is 20.6. The third kappa shape index (κ3) is 5.25. The van der Waals surface area contributed by atoms with E-state index in [1.54, 1.807) is 0 Å². The van der Waals surface area contributed by atoms with E-state index in [0.29, 0.717) is 11.7 Å². The molecule has 4 rings (SSSR count). The Labute approximate surface area is 180 Å². The van der Waals surface area contributed by atoms with E-state index < -0.39 is 0 Å². The summed E-state index contributed by atoms with van der Waals surface area (Å²) in [7, 11) is 0. The summed E-state index contributed by atoms with van der Waals surface area (Å²) >= 11 is 0. The maximum absolute atomic E-state index is 12.7. The van der Waals surface area contributed by atoms with Crippen LogP contribution in [0.4, 0.5) is 0 Å². The molecule has 0 bridgehead atoms. The number of carbonyl (C=O) groups is 1. The van der Waals surface area contributed by atoms with Crippen molar-refractivity contribution in [3.05, 3.63) is 108 Å². The Morgan fingerprint density at radius 2 is 1.27 bits per heavy atom. The number of rotatable bonds is 8. The fourth-order valence-corrected chi connectivity index (χ4v) is 4.67. The fourth-order valence-electron chi connectivity index (χ4n) is 4.67. The van der Waals surface area contributed by atoms with Gasteiger partial charge in [0, 0.05) is 17.4 Å². The summed E-state index contributed by atoms with van der Waals surface area (Å²) in [5, 5.41) is 0. The molecule has 0 unspecified atom stereocenters. The second kappa shape index (κ2) is 10.4. The number of nitrogens with zero attached hydrogens (tertiary/aromatic N) is 1. The van der Waals surface area contributed by atoms with Gasteiger partial charge in [0.1, 0.15) is 0 Å². The predicted molar refractivity (Wildman–Crippen MR) is 124 cm³/mol. The molecule has 1 fully saturated rings. The van der Waals surface area contributed by atoms with Crippen LogP contribution in [0.25, 0.3) is 0 Å². The van der Waals surface area contributed by atoms with E-state index in [4.69, 9.17) is 0 Å². The molecule has 0 radical (unpaired) electrons. The molecular weight excluding hydrogens is 366 g/mol. The van der Waals surface area contributed by atoms with Gasteiger partial charge in [-0.05, 0) is 56.4 Å². The first-order valence-electron chi connectivity index (χ1n) is 11.2. The van der Waals surface area contributed by atoms with E-state index in [1.807, 2.05) is 30.3 Å². The van der Waals surface area contributed by atoms with Crippen LogP contribution in [0.2, 0.25) is 0 Å². The van der Waals surface area contributed by atoms with Crippen LogP contribution in [-0.4, -0.2) is 30.3 Å². The van der Waals surface area contributed by atoms with Gasteiger partial charge in [-0.1, -0.05) is 91.0 Å². The molecule has 0 amide bonds. The Morgan fingerprint density at radius 1 is 0.767 bits per heavy atom. The molecule has 1 heterocycles. The Kier molecular flexibility index (Phi) is 7.10. The van der Waals surface area contributed by atoms with Crippen LogP contribution in [-0.2, 0) is 0 Å². The van der Waals surface area contributed by atoms with E-state index in [9.17, 15) is 4.79 Å². The van der Waals surface area contributed by atoms with E-state index >= 15 is 0 Å². The van der Waals surface area contributed by atoms with E-state index in [0.717, 1.165) is 44.5 Å². The summed E-state index contributed by atoms with van der Waals surface area (Å²) < 4.78 is 0. The Hall–Kier alpha value is -2.71. The first-order valence-corrected chi connectivity index (χ1v) is 11.2. The smallest absolute Gasteiger partial charge is 0.166 e. The molecule has 154 valence electrons. The zero-order valence-electron chi connectivity index (χ0n) is 17.6. The molecule has 0 aliphatic carbocycles. The maximum Gasteiger partial charge on any atom is 0.166 e. The molecule has 3 aromatic carbocycles. The average molecular weight is 398 g/mol. The molecule has 0 N–H and O–H groups in total. The Morgan fingerprint density at radius 3 is 1.80 bits per heavy atom. The van der Waals surface area contributed by atoms with Gasteiger partial charge in [0.15, 0.2) is 5.78 Å². The number of Topliss-reactive ketones (excluding diaryl/α,β-unsaturated/α-hetero) is 1. The molecule has 0 aromatic heterocycles. The van der Waals surface area contributed by atoms with Gasteiger partial charge in [0.05, 0.1) is 0 Å². The van der Waals surface area contributed by atoms with Gasteiger partial charge in [-0.25, -0.2) is 0 Å².